The van der Waals surface area contributed by atoms with Gasteiger partial charge in [-0.1, -0.05) is 18.2 Å². The second-order valence-electron chi connectivity index (χ2n) is 8.74. The van der Waals surface area contributed by atoms with Crippen molar-refractivity contribution in [2.75, 3.05) is 46.2 Å². The van der Waals surface area contributed by atoms with E-state index in [1.54, 1.807) is 6.26 Å². The number of amides is 1. The van der Waals surface area contributed by atoms with Crippen LogP contribution in [0.2, 0.25) is 0 Å². The molecule has 0 radical (unpaired) electrons. The van der Waals surface area contributed by atoms with Gasteiger partial charge in [0, 0.05) is 42.5 Å². The van der Waals surface area contributed by atoms with Gasteiger partial charge in [-0.2, -0.15) is 0 Å². The summed E-state index contributed by atoms with van der Waals surface area (Å²) in [7, 11) is 0. The van der Waals surface area contributed by atoms with E-state index in [2.05, 4.69) is 5.32 Å². The molecule has 1 aliphatic carbocycles. The Bertz CT molecular complexity index is 952. The molecule has 1 aromatic heterocycles. The zero-order valence-electron chi connectivity index (χ0n) is 19.7. The number of benzene rings is 1. The molecule has 34 heavy (non-hydrogen) atoms. The van der Waals surface area contributed by atoms with Crippen LogP contribution in [0.25, 0.3) is 11.0 Å². The number of fused-ring (bicyclic) bond motifs is 1. The number of ether oxygens (including phenoxy) is 4. The third-order valence-corrected chi connectivity index (χ3v) is 6.26. The largest absolute Gasteiger partial charge is 0.464 e. The van der Waals surface area contributed by atoms with E-state index < -0.39 is 6.29 Å². The number of hydrogen-bond donors (Lipinski definition) is 2. The van der Waals surface area contributed by atoms with E-state index in [0.717, 1.165) is 16.5 Å². The third-order valence-electron chi connectivity index (χ3n) is 6.26. The van der Waals surface area contributed by atoms with Crippen molar-refractivity contribution >= 4 is 16.9 Å². The molecule has 1 fully saturated rings. The van der Waals surface area contributed by atoms with Gasteiger partial charge in [-0.15, -0.1) is 0 Å². The molecule has 2 aromatic rings. The van der Waals surface area contributed by atoms with E-state index in [1.807, 2.05) is 37.3 Å². The first-order chi connectivity index (χ1) is 16.7. The van der Waals surface area contributed by atoms with E-state index >= 15 is 0 Å². The summed E-state index contributed by atoms with van der Waals surface area (Å²) < 4.78 is 28.9. The maximum Gasteiger partial charge on any atom is 0.286 e. The first-order valence-corrected chi connectivity index (χ1v) is 12.2. The Labute approximate surface area is 200 Å². The third kappa shape index (κ3) is 6.39. The molecular formula is C26H35NO7. The predicted octanol–water partition coefficient (Wildman–Crippen LogP) is 3.35. The molecule has 0 spiro atoms. The van der Waals surface area contributed by atoms with Gasteiger partial charge in [-0.25, -0.2) is 0 Å². The maximum atomic E-state index is 12.9. The molecule has 8 heteroatoms. The lowest BCUT2D eigenvalue weighted by Gasteiger charge is -2.36. The van der Waals surface area contributed by atoms with Crippen LogP contribution in [0.5, 0.6) is 0 Å². The molecule has 0 bridgehead atoms. The number of aliphatic hydroxyl groups excluding tert-OH is 1. The van der Waals surface area contributed by atoms with Crippen LogP contribution < -0.4 is 5.32 Å². The molecule has 186 valence electrons. The van der Waals surface area contributed by atoms with Crippen molar-refractivity contribution in [1.29, 1.82) is 0 Å². The molecule has 2 heterocycles. The quantitative estimate of drug-likeness (QED) is 0.406. The molecule has 2 N–H and O–H groups in total. The minimum absolute atomic E-state index is 0.00130. The summed E-state index contributed by atoms with van der Waals surface area (Å²) >= 11 is 0. The summed E-state index contributed by atoms with van der Waals surface area (Å²) in [6.07, 6.45) is 6.10. The Balaban J connectivity index is 1.53. The number of allylic oxidation sites excluding steroid dienone is 1. The highest BCUT2D eigenvalue weighted by atomic mass is 16.7. The van der Waals surface area contributed by atoms with Gasteiger partial charge in [-0.3, -0.25) is 4.79 Å². The van der Waals surface area contributed by atoms with Gasteiger partial charge in [0.15, 0.2) is 5.76 Å². The molecule has 2 aliphatic rings. The van der Waals surface area contributed by atoms with Crippen molar-refractivity contribution in [2.45, 2.75) is 38.4 Å². The topological polar surface area (TPSA) is 99.4 Å². The average Bonchev–Trinajstić information content (AvgIpc) is 3.59. The molecule has 3 atom stereocenters. The van der Waals surface area contributed by atoms with Gasteiger partial charge < -0.3 is 33.8 Å². The zero-order chi connectivity index (χ0) is 23.8. The highest BCUT2D eigenvalue weighted by Crippen LogP contribution is 2.42. The van der Waals surface area contributed by atoms with Crippen LogP contribution in [-0.4, -0.2) is 63.5 Å². The maximum absolute atomic E-state index is 12.9. The van der Waals surface area contributed by atoms with Crippen molar-refractivity contribution in [2.24, 2.45) is 11.8 Å². The van der Waals surface area contributed by atoms with E-state index in [1.165, 1.54) is 12.8 Å². The van der Waals surface area contributed by atoms with Gasteiger partial charge in [0.1, 0.15) is 5.58 Å². The summed E-state index contributed by atoms with van der Waals surface area (Å²) in [6, 6.07) is 7.90. The zero-order valence-corrected chi connectivity index (χ0v) is 19.7. The number of furan rings is 1. The Morgan fingerprint density at radius 3 is 2.71 bits per heavy atom. The van der Waals surface area contributed by atoms with Crippen molar-refractivity contribution in [1.82, 2.24) is 5.32 Å². The number of rotatable bonds is 14. The van der Waals surface area contributed by atoms with Crippen molar-refractivity contribution < 1.29 is 33.3 Å². The summed E-state index contributed by atoms with van der Waals surface area (Å²) in [5, 5.41) is 12.8. The summed E-state index contributed by atoms with van der Waals surface area (Å²) in [5.41, 5.74) is 1.81. The van der Waals surface area contributed by atoms with Crippen LogP contribution in [0.3, 0.4) is 0 Å². The molecule has 8 nitrogen and oxygen atoms in total. The lowest BCUT2D eigenvalue weighted by Crippen LogP contribution is -2.39. The van der Waals surface area contributed by atoms with Crippen molar-refractivity contribution in [3.63, 3.8) is 0 Å². The van der Waals surface area contributed by atoms with Crippen molar-refractivity contribution in [3.8, 4) is 0 Å². The highest BCUT2D eigenvalue weighted by molar-refractivity contribution is 5.92. The Kier molecular flexibility index (Phi) is 8.98. The van der Waals surface area contributed by atoms with Gasteiger partial charge in [-0.05, 0) is 44.2 Å². The van der Waals surface area contributed by atoms with Crippen LogP contribution >= 0.6 is 0 Å². The van der Waals surface area contributed by atoms with Gasteiger partial charge in [0.25, 0.3) is 5.91 Å². The second-order valence-corrected chi connectivity index (χ2v) is 8.74. The SMILES string of the molecule is CCO[C@H]1OC(C(=O)NCC2CC2)=C[C@@H](c2coc3ccccc23)[C@@H]1CCOCCOCCO. The van der Waals surface area contributed by atoms with Crippen LogP contribution in [0.15, 0.2) is 46.8 Å². The second kappa shape index (κ2) is 12.4. The van der Waals surface area contributed by atoms with Crippen LogP contribution in [-0.2, 0) is 23.7 Å². The minimum Gasteiger partial charge on any atom is -0.464 e. The molecule has 4 rings (SSSR count). The monoisotopic (exact) mass is 473 g/mol. The molecule has 1 saturated carbocycles. The van der Waals surface area contributed by atoms with E-state index in [-0.39, 0.29) is 24.3 Å². The first-order valence-electron chi connectivity index (χ1n) is 12.2. The van der Waals surface area contributed by atoms with Crippen molar-refractivity contribution in [3.05, 3.63) is 47.9 Å². The number of carbonyl (C=O) groups excluding carboxylic acids is 1. The predicted molar refractivity (Wildman–Crippen MR) is 126 cm³/mol. The van der Waals surface area contributed by atoms with E-state index in [0.29, 0.717) is 57.7 Å². The number of aliphatic hydroxyl groups is 1. The minimum atomic E-state index is -0.579. The summed E-state index contributed by atoms with van der Waals surface area (Å²) in [6.45, 7) is 4.72. The van der Waals surface area contributed by atoms with Crippen LogP contribution in [0, 0.1) is 11.8 Å². The lowest BCUT2D eigenvalue weighted by atomic mass is 9.81. The standard InChI is InChI=1S/C26H35NO7/c1-2-32-26-20(9-11-30-13-14-31-12-10-28)21(22-17-33-23-6-4-3-5-19(22)23)15-24(34-26)25(29)27-16-18-7-8-18/h3-6,15,17-18,20-21,26,28H,2,7-14,16H2,1H3,(H,27,29)/t20-,21+,26-/m0/s1. The summed E-state index contributed by atoms with van der Waals surface area (Å²) in [4.78, 5) is 12.9. The molecule has 1 aromatic carbocycles. The van der Waals surface area contributed by atoms with Gasteiger partial charge in [0.2, 0.25) is 6.29 Å². The molecule has 0 saturated heterocycles. The number of nitrogens with one attached hydrogen (secondary N) is 1. The van der Waals surface area contributed by atoms with Crippen LogP contribution in [0.4, 0.5) is 0 Å². The Morgan fingerprint density at radius 2 is 1.94 bits per heavy atom. The van der Waals surface area contributed by atoms with Crippen LogP contribution in [0.1, 0.15) is 37.7 Å². The summed E-state index contributed by atoms with van der Waals surface area (Å²) in [5.74, 6) is 0.467. The van der Waals surface area contributed by atoms with Gasteiger partial charge >= 0.3 is 0 Å². The molecular weight excluding hydrogens is 438 g/mol. The highest BCUT2D eigenvalue weighted by Gasteiger charge is 2.39. The smallest absolute Gasteiger partial charge is 0.286 e. The molecule has 1 amide bonds. The lowest BCUT2D eigenvalue weighted by molar-refractivity contribution is -0.168. The number of hydrogen-bond acceptors (Lipinski definition) is 7. The fourth-order valence-electron chi connectivity index (χ4n) is 4.30. The number of para-hydroxylation sites is 1. The Morgan fingerprint density at radius 1 is 1.15 bits per heavy atom. The van der Waals surface area contributed by atoms with E-state index in [9.17, 15) is 4.79 Å². The molecule has 1 aliphatic heterocycles. The average molecular weight is 474 g/mol. The fourth-order valence-corrected chi connectivity index (χ4v) is 4.30. The van der Waals surface area contributed by atoms with E-state index in [4.69, 9.17) is 28.5 Å². The fraction of sp³-hybridized carbons (Fsp3) is 0.577. The Hall–Kier alpha value is -2.39. The first kappa shape index (κ1) is 24.7. The molecule has 0 unspecified atom stereocenters. The normalized spacial score (nSPS) is 22.4. The number of carbonyl (C=O) groups is 1. The van der Waals surface area contributed by atoms with Gasteiger partial charge in [0.05, 0.1) is 32.7 Å².